The Morgan fingerprint density at radius 3 is 2.60 bits per heavy atom. The van der Waals surface area contributed by atoms with Crippen molar-refractivity contribution in [1.82, 2.24) is 24.4 Å². The molecular weight excluding hydrogens is 552 g/mol. The molecule has 0 unspecified atom stereocenters. The lowest BCUT2D eigenvalue weighted by molar-refractivity contribution is -0.384. The minimum absolute atomic E-state index is 0.0190. The molecule has 4 heterocycles. The predicted molar refractivity (Wildman–Crippen MR) is 160 cm³/mol. The van der Waals surface area contributed by atoms with Gasteiger partial charge in [0.2, 0.25) is 18.6 Å². The average molecular weight is 585 g/mol. The maximum absolute atomic E-state index is 12.7. The number of imidazole rings is 1. The summed E-state index contributed by atoms with van der Waals surface area (Å²) >= 11 is 0. The van der Waals surface area contributed by atoms with E-state index in [1.807, 2.05) is 41.5 Å². The van der Waals surface area contributed by atoms with Crippen molar-refractivity contribution in [3.8, 4) is 11.5 Å². The number of carbonyl (C=O) groups is 1. The summed E-state index contributed by atoms with van der Waals surface area (Å²) in [6.45, 7) is 7.46. The first kappa shape index (κ1) is 27.9. The van der Waals surface area contributed by atoms with Crippen LogP contribution in [0.25, 0.3) is 11.2 Å². The highest BCUT2D eigenvalue weighted by atomic mass is 16.7. The molecule has 2 aliphatic rings. The largest absolute Gasteiger partial charge is 0.454 e. The number of ether oxygens (including phenoxy) is 2. The van der Waals surface area contributed by atoms with Gasteiger partial charge in [0.15, 0.2) is 28.5 Å². The summed E-state index contributed by atoms with van der Waals surface area (Å²) in [5, 5.41) is 14.5. The van der Waals surface area contributed by atoms with Crippen LogP contribution in [0.5, 0.6) is 11.5 Å². The van der Waals surface area contributed by atoms with E-state index in [9.17, 15) is 14.9 Å². The Morgan fingerprint density at radius 2 is 1.81 bits per heavy atom. The molecule has 6 rings (SSSR count). The van der Waals surface area contributed by atoms with Crippen LogP contribution >= 0.6 is 0 Å². The molecule has 0 atom stereocenters. The van der Waals surface area contributed by atoms with Crippen molar-refractivity contribution in [3.05, 3.63) is 81.7 Å². The summed E-state index contributed by atoms with van der Waals surface area (Å²) in [6.07, 6.45) is 4.16. The zero-order chi connectivity index (χ0) is 29.9. The van der Waals surface area contributed by atoms with Crippen LogP contribution in [-0.2, 0) is 17.9 Å². The first-order valence-corrected chi connectivity index (χ1v) is 14.1. The summed E-state index contributed by atoms with van der Waals surface area (Å²) in [5.41, 5.74) is 4.13. The van der Waals surface area contributed by atoms with Gasteiger partial charge < -0.3 is 29.2 Å². The Hall–Kier alpha value is -5.20. The standard InChI is InChI=1S/C30H32N8O5/c1-20(2)14-26(39)35-10-3-11-36(13-12-35)30-33-28(31-16-22-6-9-24-25(15-22)43-19-42-24)27-29(34-30)37(18-32-27)17-21-4-7-23(8-5-21)38(40)41/h4-9,14-15,18H,3,10-13,16-17,19H2,1-2H3,(H,31,33,34). The Labute approximate surface area is 247 Å². The number of hydrogen-bond acceptors (Lipinski definition) is 10. The molecule has 222 valence electrons. The monoisotopic (exact) mass is 584 g/mol. The molecule has 2 aromatic heterocycles. The number of non-ortho nitro benzene ring substituents is 1. The molecule has 1 fully saturated rings. The number of nitro benzene ring substituents is 1. The lowest BCUT2D eigenvalue weighted by Gasteiger charge is -2.22. The molecular formula is C30H32N8O5. The van der Waals surface area contributed by atoms with Crippen molar-refractivity contribution >= 4 is 34.5 Å². The van der Waals surface area contributed by atoms with Gasteiger partial charge in [0, 0.05) is 50.9 Å². The van der Waals surface area contributed by atoms with Crippen LogP contribution in [0.2, 0.25) is 0 Å². The topological polar surface area (TPSA) is 141 Å². The van der Waals surface area contributed by atoms with Crippen molar-refractivity contribution < 1.29 is 19.2 Å². The van der Waals surface area contributed by atoms with Crippen molar-refractivity contribution in [2.45, 2.75) is 33.4 Å². The molecule has 0 saturated carbocycles. The number of allylic oxidation sites excluding steroid dienone is 1. The van der Waals surface area contributed by atoms with Crippen LogP contribution in [0.1, 0.15) is 31.4 Å². The molecule has 0 bridgehead atoms. The second-order valence-corrected chi connectivity index (χ2v) is 10.8. The van der Waals surface area contributed by atoms with Gasteiger partial charge in [-0.2, -0.15) is 9.97 Å². The molecule has 1 N–H and O–H groups in total. The number of nitrogens with zero attached hydrogens (tertiary/aromatic N) is 7. The van der Waals surface area contributed by atoms with E-state index in [0.717, 1.165) is 28.9 Å². The summed E-state index contributed by atoms with van der Waals surface area (Å²) in [7, 11) is 0. The van der Waals surface area contributed by atoms with Gasteiger partial charge in [-0.3, -0.25) is 14.9 Å². The SMILES string of the molecule is CC(C)=CC(=O)N1CCCN(c2nc(NCc3ccc4c(c3)OCO4)c3ncn(Cc4ccc([N+](=O)[O-])cc4)c3n2)CC1. The number of benzene rings is 2. The zero-order valence-electron chi connectivity index (χ0n) is 24.0. The molecule has 1 amide bonds. The number of hydrogen-bond donors (Lipinski definition) is 1. The van der Waals surface area contributed by atoms with Crippen molar-refractivity contribution in [3.63, 3.8) is 0 Å². The number of rotatable bonds is 8. The number of carbonyl (C=O) groups excluding carboxylic acids is 1. The zero-order valence-corrected chi connectivity index (χ0v) is 24.0. The van der Waals surface area contributed by atoms with Gasteiger partial charge in [-0.1, -0.05) is 23.8 Å². The second kappa shape index (κ2) is 12.0. The number of nitrogens with one attached hydrogen (secondary N) is 1. The van der Waals surface area contributed by atoms with Crippen molar-refractivity contribution in [1.29, 1.82) is 0 Å². The Bertz CT molecular complexity index is 1700. The molecule has 43 heavy (non-hydrogen) atoms. The minimum Gasteiger partial charge on any atom is -0.454 e. The highest BCUT2D eigenvalue weighted by Gasteiger charge is 2.23. The molecule has 13 heteroatoms. The summed E-state index contributed by atoms with van der Waals surface area (Å²) in [5.74, 6) is 2.57. The average Bonchev–Trinajstić information content (AvgIpc) is 3.54. The minimum atomic E-state index is -0.413. The smallest absolute Gasteiger partial charge is 0.269 e. The third-order valence-electron chi connectivity index (χ3n) is 7.35. The van der Waals surface area contributed by atoms with E-state index in [4.69, 9.17) is 19.4 Å². The molecule has 0 radical (unpaired) electrons. The molecule has 2 aliphatic heterocycles. The third kappa shape index (κ3) is 6.20. The molecule has 1 saturated heterocycles. The van der Waals surface area contributed by atoms with E-state index < -0.39 is 4.92 Å². The van der Waals surface area contributed by atoms with Gasteiger partial charge in [-0.05, 0) is 43.5 Å². The number of amides is 1. The lowest BCUT2D eigenvalue weighted by Crippen LogP contribution is -2.34. The maximum atomic E-state index is 12.7. The van der Waals surface area contributed by atoms with Gasteiger partial charge in [-0.25, -0.2) is 4.98 Å². The van der Waals surface area contributed by atoms with Gasteiger partial charge >= 0.3 is 0 Å². The normalized spacial score (nSPS) is 14.5. The van der Waals surface area contributed by atoms with Crippen LogP contribution in [0, 0.1) is 10.1 Å². The fourth-order valence-electron chi connectivity index (χ4n) is 5.15. The third-order valence-corrected chi connectivity index (χ3v) is 7.35. The highest BCUT2D eigenvalue weighted by molar-refractivity contribution is 5.88. The molecule has 4 aromatic rings. The molecule has 13 nitrogen and oxygen atoms in total. The number of anilines is 2. The maximum Gasteiger partial charge on any atom is 0.269 e. The van der Waals surface area contributed by atoms with Crippen LogP contribution in [0.3, 0.4) is 0 Å². The highest BCUT2D eigenvalue weighted by Crippen LogP contribution is 2.33. The van der Waals surface area contributed by atoms with Crippen molar-refractivity contribution in [2.75, 3.05) is 43.2 Å². The fraction of sp³-hybridized carbons (Fsp3) is 0.333. The molecule has 2 aromatic carbocycles. The van der Waals surface area contributed by atoms with Crippen LogP contribution in [0.4, 0.5) is 17.5 Å². The number of fused-ring (bicyclic) bond motifs is 2. The van der Waals surface area contributed by atoms with Gasteiger partial charge in [0.1, 0.15) is 0 Å². The number of aromatic nitrogens is 4. The fourth-order valence-corrected chi connectivity index (χ4v) is 5.15. The summed E-state index contributed by atoms with van der Waals surface area (Å²) in [6, 6.07) is 12.3. The quantitative estimate of drug-likeness (QED) is 0.183. The van der Waals surface area contributed by atoms with E-state index >= 15 is 0 Å². The van der Waals surface area contributed by atoms with E-state index in [1.54, 1.807) is 24.5 Å². The van der Waals surface area contributed by atoms with Crippen molar-refractivity contribution in [2.24, 2.45) is 0 Å². The van der Waals surface area contributed by atoms with Gasteiger partial charge in [0.25, 0.3) is 5.69 Å². The predicted octanol–water partition coefficient (Wildman–Crippen LogP) is 4.13. The number of nitro groups is 1. The Kier molecular flexibility index (Phi) is 7.77. The second-order valence-electron chi connectivity index (χ2n) is 10.8. The summed E-state index contributed by atoms with van der Waals surface area (Å²) in [4.78, 5) is 41.8. The first-order chi connectivity index (χ1) is 20.8. The van der Waals surface area contributed by atoms with E-state index in [2.05, 4.69) is 15.2 Å². The van der Waals surface area contributed by atoms with E-state index in [1.165, 1.54) is 12.1 Å². The van der Waals surface area contributed by atoms with Gasteiger partial charge in [-0.15, -0.1) is 0 Å². The van der Waals surface area contributed by atoms with Crippen LogP contribution < -0.4 is 19.7 Å². The van der Waals surface area contributed by atoms with E-state index in [0.29, 0.717) is 67.9 Å². The summed E-state index contributed by atoms with van der Waals surface area (Å²) < 4.78 is 12.9. The molecule has 0 spiro atoms. The van der Waals surface area contributed by atoms with Crippen LogP contribution in [-0.4, -0.2) is 68.2 Å². The Balaban J connectivity index is 1.30. The van der Waals surface area contributed by atoms with E-state index in [-0.39, 0.29) is 18.4 Å². The lowest BCUT2D eigenvalue weighted by atomic mass is 10.2. The Morgan fingerprint density at radius 1 is 1.02 bits per heavy atom. The first-order valence-electron chi connectivity index (χ1n) is 14.1. The molecule has 0 aliphatic carbocycles. The van der Waals surface area contributed by atoms with Gasteiger partial charge in [0.05, 0.1) is 17.8 Å². The van der Waals surface area contributed by atoms with Crippen LogP contribution in [0.15, 0.2) is 60.4 Å².